The molecule has 2 rings (SSSR count). The van der Waals surface area contributed by atoms with Crippen LogP contribution in [0.15, 0.2) is 36.4 Å². The fourth-order valence-corrected chi connectivity index (χ4v) is 1.56. The Labute approximate surface area is 109 Å². The maximum atomic E-state index is 12.2. The number of anilines is 2. The van der Waals surface area contributed by atoms with E-state index in [-0.39, 0.29) is 0 Å². The summed E-state index contributed by atoms with van der Waals surface area (Å²) in [7, 11) is 1.72. The molecule has 0 aliphatic rings. The van der Waals surface area contributed by atoms with E-state index in [1.54, 1.807) is 13.1 Å². The van der Waals surface area contributed by atoms with Gasteiger partial charge in [-0.3, -0.25) is 0 Å². The number of rotatable bonds is 5. The molecular formula is C13H14F2N4. The predicted molar refractivity (Wildman–Crippen MR) is 71.5 cm³/mol. The van der Waals surface area contributed by atoms with Crippen molar-refractivity contribution in [1.82, 2.24) is 9.97 Å². The van der Waals surface area contributed by atoms with Gasteiger partial charge in [0.2, 0.25) is 0 Å². The van der Waals surface area contributed by atoms with Gasteiger partial charge < -0.3 is 10.6 Å². The Balaban J connectivity index is 2.31. The van der Waals surface area contributed by atoms with E-state index < -0.39 is 13.0 Å². The summed E-state index contributed by atoms with van der Waals surface area (Å²) in [4.78, 5) is 8.53. The van der Waals surface area contributed by atoms with E-state index in [1.165, 1.54) is 0 Å². The Kier molecular flexibility index (Phi) is 4.22. The highest BCUT2D eigenvalue weighted by Crippen LogP contribution is 2.19. The molecule has 19 heavy (non-hydrogen) atoms. The summed E-state index contributed by atoms with van der Waals surface area (Å²) in [5, 5.41) is 5.47. The quantitative estimate of drug-likeness (QED) is 0.871. The zero-order valence-electron chi connectivity index (χ0n) is 10.4. The molecule has 0 radical (unpaired) electrons. The van der Waals surface area contributed by atoms with Crippen LogP contribution in [0.5, 0.6) is 0 Å². The third-order valence-corrected chi connectivity index (χ3v) is 2.45. The van der Waals surface area contributed by atoms with Crippen LogP contribution in [-0.4, -0.2) is 30.0 Å². The van der Waals surface area contributed by atoms with Crippen LogP contribution in [0.4, 0.5) is 20.4 Å². The van der Waals surface area contributed by atoms with Crippen molar-refractivity contribution in [2.45, 2.75) is 6.43 Å². The van der Waals surface area contributed by atoms with Gasteiger partial charge in [-0.25, -0.2) is 18.7 Å². The second-order valence-corrected chi connectivity index (χ2v) is 3.85. The smallest absolute Gasteiger partial charge is 0.255 e. The molecule has 0 saturated carbocycles. The molecule has 4 nitrogen and oxygen atoms in total. The molecule has 0 aliphatic heterocycles. The van der Waals surface area contributed by atoms with Crippen molar-refractivity contribution in [2.24, 2.45) is 0 Å². The van der Waals surface area contributed by atoms with Gasteiger partial charge in [0.1, 0.15) is 11.6 Å². The maximum Gasteiger partial charge on any atom is 0.255 e. The molecule has 1 aromatic heterocycles. The van der Waals surface area contributed by atoms with E-state index in [1.807, 2.05) is 30.3 Å². The SMILES string of the molecule is CNc1cc(NCC(F)F)nc(-c2ccccc2)n1. The van der Waals surface area contributed by atoms with Gasteiger partial charge in [0.05, 0.1) is 6.54 Å². The van der Waals surface area contributed by atoms with Crippen LogP contribution in [0, 0.1) is 0 Å². The Morgan fingerprint density at radius 3 is 2.42 bits per heavy atom. The predicted octanol–water partition coefficient (Wildman–Crippen LogP) is 2.86. The van der Waals surface area contributed by atoms with Crippen molar-refractivity contribution >= 4 is 11.6 Å². The van der Waals surface area contributed by atoms with Crippen LogP contribution in [0.1, 0.15) is 0 Å². The van der Waals surface area contributed by atoms with E-state index >= 15 is 0 Å². The Morgan fingerprint density at radius 1 is 1.11 bits per heavy atom. The number of aromatic nitrogens is 2. The summed E-state index contributed by atoms with van der Waals surface area (Å²) in [5.41, 5.74) is 0.833. The Hall–Kier alpha value is -2.24. The van der Waals surface area contributed by atoms with Gasteiger partial charge in [0.15, 0.2) is 5.82 Å². The molecule has 100 valence electrons. The molecule has 0 spiro atoms. The number of nitrogens with one attached hydrogen (secondary N) is 2. The van der Waals surface area contributed by atoms with Gasteiger partial charge in [-0.1, -0.05) is 30.3 Å². The van der Waals surface area contributed by atoms with Crippen LogP contribution in [0.3, 0.4) is 0 Å². The van der Waals surface area contributed by atoms with E-state index in [9.17, 15) is 8.78 Å². The van der Waals surface area contributed by atoms with Crippen molar-refractivity contribution in [3.63, 3.8) is 0 Å². The molecular weight excluding hydrogens is 250 g/mol. The standard InChI is InChI=1S/C13H14F2N4/c1-16-11-7-12(17-8-10(14)15)19-13(18-11)9-5-3-2-4-6-9/h2-7,10H,8H2,1H3,(H2,16,17,18,19). The molecule has 0 atom stereocenters. The fourth-order valence-electron chi connectivity index (χ4n) is 1.56. The van der Waals surface area contributed by atoms with Crippen LogP contribution in [0.25, 0.3) is 11.4 Å². The van der Waals surface area contributed by atoms with Crippen molar-refractivity contribution in [3.8, 4) is 11.4 Å². The zero-order valence-corrected chi connectivity index (χ0v) is 10.4. The van der Waals surface area contributed by atoms with Crippen LogP contribution in [-0.2, 0) is 0 Å². The second kappa shape index (κ2) is 6.08. The molecule has 2 N–H and O–H groups in total. The van der Waals surface area contributed by atoms with Gasteiger partial charge in [-0.2, -0.15) is 0 Å². The first-order chi connectivity index (χ1) is 9.19. The first kappa shape index (κ1) is 13.2. The van der Waals surface area contributed by atoms with Gasteiger partial charge in [0.25, 0.3) is 6.43 Å². The number of alkyl halides is 2. The van der Waals surface area contributed by atoms with Crippen molar-refractivity contribution in [3.05, 3.63) is 36.4 Å². The number of hydrogen-bond acceptors (Lipinski definition) is 4. The largest absolute Gasteiger partial charge is 0.373 e. The third kappa shape index (κ3) is 3.61. The van der Waals surface area contributed by atoms with Crippen molar-refractivity contribution in [2.75, 3.05) is 24.2 Å². The highest BCUT2D eigenvalue weighted by Gasteiger charge is 2.08. The molecule has 1 heterocycles. The van der Waals surface area contributed by atoms with Crippen molar-refractivity contribution < 1.29 is 8.78 Å². The second-order valence-electron chi connectivity index (χ2n) is 3.85. The van der Waals surface area contributed by atoms with Crippen LogP contribution in [0.2, 0.25) is 0 Å². The van der Waals surface area contributed by atoms with Gasteiger partial charge in [0, 0.05) is 18.7 Å². The normalized spacial score (nSPS) is 10.5. The average Bonchev–Trinajstić information content (AvgIpc) is 2.45. The van der Waals surface area contributed by atoms with Gasteiger partial charge in [-0.15, -0.1) is 0 Å². The fraction of sp³-hybridized carbons (Fsp3) is 0.231. The lowest BCUT2D eigenvalue weighted by Gasteiger charge is -2.09. The molecule has 6 heteroatoms. The summed E-state index contributed by atoms with van der Waals surface area (Å²) in [6.07, 6.45) is -2.42. The van der Waals surface area contributed by atoms with E-state index in [0.29, 0.717) is 17.5 Å². The minimum absolute atomic E-state index is 0.374. The molecule has 0 aliphatic carbocycles. The van der Waals surface area contributed by atoms with E-state index in [4.69, 9.17) is 0 Å². The molecule has 0 amide bonds. The third-order valence-electron chi connectivity index (χ3n) is 2.45. The molecule has 2 aromatic rings. The first-order valence-corrected chi connectivity index (χ1v) is 5.83. The first-order valence-electron chi connectivity index (χ1n) is 5.83. The maximum absolute atomic E-state index is 12.2. The lowest BCUT2D eigenvalue weighted by Crippen LogP contribution is -2.12. The lowest BCUT2D eigenvalue weighted by molar-refractivity contribution is 0.163. The summed E-state index contributed by atoms with van der Waals surface area (Å²) >= 11 is 0. The molecule has 0 bridgehead atoms. The topological polar surface area (TPSA) is 49.8 Å². The summed E-state index contributed by atoms with van der Waals surface area (Å²) in [5.74, 6) is 1.44. The summed E-state index contributed by atoms with van der Waals surface area (Å²) in [6.45, 7) is -0.436. The minimum Gasteiger partial charge on any atom is -0.373 e. The summed E-state index contributed by atoms with van der Waals surface area (Å²) < 4.78 is 24.4. The molecule has 0 unspecified atom stereocenters. The number of benzene rings is 1. The van der Waals surface area contributed by atoms with E-state index in [0.717, 1.165) is 5.56 Å². The highest BCUT2D eigenvalue weighted by molar-refractivity contribution is 5.61. The van der Waals surface area contributed by atoms with Gasteiger partial charge >= 0.3 is 0 Å². The Bertz CT molecular complexity index is 531. The molecule has 0 saturated heterocycles. The number of halogens is 2. The van der Waals surface area contributed by atoms with E-state index in [2.05, 4.69) is 20.6 Å². The number of hydrogen-bond donors (Lipinski definition) is 2. The molecule has 0 fully saturated rings. The van der Waals surface area contributed by atoms with Crippen LogP contribution >= 0.6 is 0 Å². The average molecular weight is 264 g/mol. The lowest BCUT2D eigenvalue weighted by atomic mass is 10.2. The molecule has 1 aromatic carbocycles. The minimum atomic E-state index is -2.42. The van der Waals surface area contributed by atoms with Crippen molar-refractivity contribution in [1.29, 1.82) is 0 Å². The number of nitrogens with zero attached hydrogens (tertiary/aromatic N) is 2. The van der Waals surface area contributed by atoms with Gasteiger partial charge in [-0.05, 0) is 0 Å². The Morgan fingerprint density at radius 2 is 1.79 bits per heavy atom. The van der Waals surface area contributed by atoms with Crippen LogP contribution < -0.4 is 10.6 Å². The summed E-state index contributed by atoms with van der Waals surface area (Å²) in [6, 6.07) is 11.0. The monoisotopic (exact) mass is 264 g/mol. The zero-order chi connectivity index (χ0) is 13.7. The highest BCUT2D eigenvalue weighted by atomic mass is 19.3.